The van der Waals surface area contributed by atoms with Crippen molar-refractivity contribution < 1.29 is 14.3 Å². The van der Waals surface area contributed by atoms with Crippen molar-refractivity contribution in [3.05, 3.63) is 45.1 Å². The van der Waals surface area contributed by atoms with Gasteiger partial charge in [-0.1, -0.05) is 0 Å². The second-order valence-corrected chi connectivity index (χ2v) is 9.16. The van der Waals surface area contributed by atoms with Crippen LogP contribution in [-0.4, -0.2) is 43.7 Å². The highest BCUT2D eigenvalue weighted by atomic mass is 32.1. The van der Waals surface area contributed by atoms with Crippen LogP contribution in [0.3, 0.4) is 0 Å². The highest BCUT2D eigenvalue weighted by molar-refractivity contribution is 7.11. The molecule has 1 atom stereocenters. The van der Waals surface area contributed by atoms with Crippen molar-refractivity contribution in [3.8, 4) is 11.5 Å². The Hall–Kier alpha value is -2.05. The fraction of sp³-hybridized carbons (Fsp3) is 0.500. The molecule has 0 fully saturated rings. The Morgan fingerprint density at radius 1 is 1.18 bits per heavy atom. The highest BCUT2D eigenvalue weighted by Crippen LogP contribution is 2.36. The van der Waals surface area contributed by atoms with E-state index in [4.69, 9.17) is 15.2 Å². The van der Waals surface area contributed by atoms with Gasteiger partial charge >= 0.3 is 0 Å². The van der Waals surface area contributed by atoms with Gasteiger partial charge in [-0.05, 0) is 63.8 Å². The first-order valence-electron chi connectivity index (χ1n) is 9.72. The number of carbonyl (C=O) groups is 1. The minimum absolute atomic E-state index is 0.0480. The first-order valence-corrected chi connectivity index (χ1v) is 10.5. The van der Waals surface area contributed by atoms with Crippen molar-refractivity contribution in [2.24, 2.45) is 5.73 Å². The molecule has 1 aliphatic heterocycles. The lowest BCUT2D eigenvalue weighted by Crippen LogP contribution is -2.44. The Morgan fingerprint density at radius 2 is 1.96 bits per heavy atom. The Kier molecular flexibility index (Phi) is 6.30. The van der Waals surface area contributed by atoms with Crippen LogP contribution >= 0.6 is 11.3 Å². The number of nitrogens with zero attached hydrogens (tertiary/aromatic N) is 1. The lowest BCUT2D eigenvalue weighted by Gasteiger charge is -2.33. The van der Waals surface area contributed by atoms with Crippen LogP contribution in [0.4, 0.5) is 0 Å². The summed E-state index contributed by atoms with van der Waals surface area (Å²) in [5.74, 6) is 1.38. The van der Waals surface area contributed by atoms with E-state index in [1.54, 1.807) is 20.3 Å². The molecule has 0 aliphatic carbocycles. The fourth-order valence-corrected chi connectivity index (χ4v) is 4.60. The van der Waals surface area contributed by atoms with Crippen LogP contribution in [0.1, 0.15) is 45.4 Å². The molecule has 3 rings (SSSR count). The van der Waals surface area contributed by atoms with Crippen molar-refractivity contribution in [2.45, 2.75) is 45.1 Å². The zero-order valence-corrected chi connectivity index (χ0v) is 18.0. The van der Waals surface area contributed by atoms with Gasteiger partial charge in [-0.25, -0.2) is 0 Å². The van der Waals surface area contributed by atoms with Gasteiger partial charge in [-0.15, -0.1) is 11.3 Å². The number of ether oxygens (including phenoxy) is 2. The summed E-state index contributed by atoms with van der Waals surface area (Å²) < 4.78 is 10.8. The number of amides is 1. The van der Waals surface area contributed by atoms with E-state index in [0.29, 0.717) is 30.2 Å². The van der Waals surface area contributed by atoms with Crippen LogP contribution in [0.25, 0.3) is 0 Å². The predicted octanol–water partition coefficient (Wildman–Crippen LogP) is 3.81. The van der Waals surface area contributed by atoms with Gasteiger partial charge in [0.05, 0.1) is 14.2 Å². The molecule has 6 heteroatoms. The summed E-state index contributed by atoms with van der Waals surface area (Å²) in [7, 11) is 3.23. The van der Waals surface area contributed by atoms with Crippen molar-refractivity contribution in [2.75, 3.05) is 27.3 Å². The van der Waals surface area contributed by atoms with Gasteiger partial charge in [0.2, 0.25) is 0 Å². The number of carbonyl (C=O) groups excluding carboxylic acids is 1. The molecule has 2 aromatic rings. The van der Waals surface area contributed by atoms with Gasteiger partial charge in [0.1, 0.15) is 0 Å². The summed E-state index contributed by atoms with van der Waals surface area (Å²) in [6, 6.07) is 7.98. The zero-order valence-electron chi connectivity index (χ0n) is 17.2. The Bertz CT molecular complexity index is 844. The summed E-state index contributed by atoms with van der Waals surface area (Å²) in [5, 5.41) is 0. The lowest BCUT2D eigenvalue weighted by molar-refractivity contribution is 0.0725. The van der Waals surface area contributed by atoms with Crippen molar-refractivity contribution in [1.29, 1.82) is 0 Å². The molecule has 5 nitrogen and oxygen atoms in total. The zero-order chi connectivity index (χ0) is 20.3. The van der Waals surface area contributed by atoms with Crippen molar-refractivity contribution >= 4 is 17.2 Å². The van der Waals surface area contributed by atoms with Crippen molar-refractivity contribution in [3.63, 3.8) is 0 Å². The maximum absolute atomic E-state index is 13.0. The molecule has 2 heterocycles. The number of methoxy groups -OCH3 is 2. The van der Waals surface area contributed by atoms with E-state index in [2.05, 4.69) is 26.0 Å². The SMILES string of the molecule is COc1ccc2c(c1OC)CCN(CCC(C)(N)CCc1ccc(C)s1)C2=O. The summed E-state index contributed by atoms with van der Waals surface area (Å²) in [6.07, 6.45) is 3.44. The molecule has 1 aliphatic rings. The van der Waals surface area contributed by atoms with Gasteiger partial charge < -0.3 is 20.1 Å². The summed E-state index contributed by atoms with van der Waals surface area (Å²) in [4.78, 5) is 17.6. The van der Waals surface area contributed by atoms with E-state index in [-0.39, 0.29) is 11.4 Å². The third-order valence-electron chi connectivity index (χ3n) is 5.49. The average Bonchev–Trinajstić information content (AvgIpc) is 3.10. The van der Waals surface area contributed by atoms with Crippen LogP contribution in [0, 0.1) is 6.92 Å². The molecule has 152 valence electrons. The number of aryl methyl sites for hydroxylation is 2. The third-order valence-corrected chi connectivity index (χ3v) is 6.55. The summed E-state index contributed by atoms with van der Waals surface area (Å²) in [5.41, 5.74) is 7.89. The topological polar surface area (TPSA) is 64.8 Å². The Morgan fingerprint density at radius 3 is 2.61 bits per heavy atom. The molecule has 2 N–H and O–H groups in total. The third kappa shape index (κ3) is 4.50. The quantitative estimate of drug-likeness (QED) is 0.729. The highest BCUT2D eigenvalue weighted by Gasteiger charge is 2.29. The number of fused-ring (bicyclic) bond motifs is 1. The summed E-state index contributed by atoms with van der Waals surface area (Å²) >= 11 is 1.83. The first-order chi connectivity index (χ1) is 13.3. The van der Waals surface area contributed by atoms with Gasteiger partial charge in [0.25, 0.3) is 5.91 Å². The summed E-state index contributed by atoms with van der Waals surface area (Å²) in [6.45, 7) is 5.56. The minimum atomic E-state index is -0.296. The average molecular weight is 403 g/mol. The maximum Gasteiger partial charge on any atom is 0.254 e. The minimum Gasteiger partial charge on any atom is -0.493 e. The van der Waals surface area contributed by atoms with Gasteiger partial charge in [-0.2, -0.15) is 0 Å². The van der Waals surface area contributed by atoms with Crippen LogP contribution in [0.2, 0.25) is 0 Å². The monoisotopic (exact) mass is 402 g/mol. The lowest BCUT2D eigenvalue weighted by atomic mass is 9.91. The second kappa shape index (κ2) is 8.53. The fourth-order valence-electron chi connectivity index (χ4n) is 3.72. The van der Waals surface area contributed by atoms with Crippen LogP contribution < -0.4 is 15.2 Å². The van der Waals surface area contributed by atoms with E-state index in [1.165, 1.54) is 9.75 Å². The molecule has 1 unspecified atom stereocenters. The number of hydrogen-bond donors (Lipinski definition) is 1. The van der Waals surface area contributed by atoms with Gasteiger partial charge in [0, 0.05) is 39.5 Å². The molecule has 0 saturated carbocycles. The molecular weight excluding hydrogens is 372 g/mol. The molecule has 1 aromatic heterocycles. The van der Waals surface area contributed by atoms with Gasteiger partial charge in [-0.3, -0.25) is 4.79 Å². The number of benzene rings is 1. The largest absolute Gasteiger partial charge is 0.493 e. The maximum atomic E-state index is 13.0. The predicted molar refractivity (Wildman–Crippen MR) is 114 cm³/mol. The van der Waals surface area contributed by atoms with E-state index in [9.17, 15) is 4.79 Å². The second-order valence-electron chi connectivity index (χ2n) is 7.79. The molecule has 0 spiro atoms. The first kappa shape index (κ1) is 20.7. The Balaban J connectivity index is 1.62. The Labute approximate surface area is 171 Å². The molecular formula is C22H30N2O3S. The molecule has 0 radical (unpaired) electrons. The van der Waals surface area contributed by atoms with E-state index >= 15 is 0 Å². The molecule has 0 saturated heterocycles. The van der Waals surface area contributed by atoms with Crippen LogP contribution in [0.15, 0.2) is 24.3 Å². The normalized spacial score (nSPS) is 15.9. The van der Waals surface area contributed by atoms with E-state index in [0.717, 1.165) is 31.2 Å². The number of hydrogen-bond acceptors (Lipinski definition) is 5. The standard InChI is InChI=1S/C22H30N2O3S/c1-15-5-6-16(28-15)9-11-22(2,23)12-14-24-13-10-17-18(21(24)25)7-8-19(26-3)20(17)27-4/h5-8H,9-14,23H2,1-4H3. The number of nitrogens with two attached hydrogens (primary N) is 1. The molecule has 1 amide bonds. The van der Waals surface area contributed by atoms with Gasteiger partial charge in [0.15, 0.2) is 11.5 Å². The smallest absolute Gasteiger partial charge is 0.254 e. The number of rotatable bonds is 8. The van der Waals surface area contributed by atoms with E-state index < -0.39 is 0 Å². The van der Waals surface area contributed by atoms with Crippen LogP contribution in [0.5, 0.6) is 11.5 Å². The van der Waals surface area contributed by atoms with Crippen molar-refractivity contribution in [1.82, 2.24) is 4.90 Å². The molecule has 0 bridgehead atoms. The molecule has 28 heavy (non-hydrogen) atoms. The van der Waals surface area contributed by atoms with Crippen LogP contribution in [-0.2, 0) is 12.8 Å². The van der Waals surface area contributed by atoms with E-state index in [1.807, 2.05) is 22.3 Å². The number of thiophene rings is 1. The molecule has 1 aromatic carbocycles.